The number of Topliss-reactive ketones (excluding diaryl/α,β-unsaturated/α-hetero) is 1. The van der Waals surface area contributed by atoms with Crippen molar-refractivity contribution in [3.05, 3.63) is 75.3 Å². The topological polar surface area (TPSA) is 69.4 Å². The number of carbonyl (C=O) groups is 1. The molecule has 0 unspecified atom stereocenters. The van der Waals surface area contributed by atoms with E-state index in [1.165, 1.54) is 12.1 Å². The number of allylic oxidation sites excluding steroid dienone is 1. The van der Waals surface area contributed by atoms with Gasteiger partial charge < -0.3 is 4.74 Å². The van der Waals surface area contributed by atoms with Crippen LogP contribution in [0.3, 0.4) is 0 Å². The van der Waals surface area contributed by atoms with Gasteiger partial charge in [-0.05, 0) is 48.9 Å². The van der Waals surface area contributed by atoms with Crippen LogP contribution in [0.1, 0.15) is 22.8 Å². The van der Waals surface area contributed by atoms with Crippen molar-refractivity contribution in [3.63, 3.8) is 0 Å². The Kier molecular flexibility index (Phi) is 4.68. The largest absolute Gasteiger partial charge is 0.497 e. The first kappa shape index (κ1) is 15.4. The molecule has 5 heteroatoms. The summed E-state index contributed by atoms with van der Waals surface area (Å²) in [5, 5.41) is 11.0. The van der Waals surface area contributed by atoms with Crippen LogP contribution >= 0.6 is 0 Å². The molecule has 0 fully saturated rings. The lowest BCUT2D eigenvalue weighted by Crippen LogP contribution is -2.01. The number of carbonyl (C=O) groups excluding carboxylic acids is 1. The molecule has 0 saturated carbocycles. The molecule has 5 nitrogen and oxygen atoms in total. The monoisotopic (exact) mass is 297 g/mol. The van der Waals surface area contributed by atoms with E-state index < -0.39 is 4.92 Å². The Bertz CT molecular complexity index is 733. The van der Waals surface area contributed by atoms with E-state index in [0.717, 1.165) is 0 Å². The van der Waals surface area contributed by atoms with E-state index in [1.54, 1.807) is 56.5 Å². The van der Waals surface area contributed by atoms with E-state index in [4.69, 9.17) is 4.74 Å². The van der Waals surface area contributed by atoms with Gasteiger partial charge >= 0.3 is 0 Å². The summed E-state index contributed by atoms with van der Waals surface area (Å²) in [6.07, 6.45) is 1.53. The third-order valence-electron chi connectivity index (χ3n) is 3.22. The van der Waals surface area contributed by atoms with E-state index in [9.17, 15) is 14.9 Å². The second-order valence-electron chi connectivity index (χ2n) is 4.70. The quantitative estimate of drug-likeness (QED) is 0.363. The Morgan fingerprint density at radius 3 is 2.36 bits per heavy atom. The van der Waals surface area contributed by atoms with Gasteiger partial charge in [0.15, 0.2) is 5.78 Å². The molecule has 112 valence electrons. The van der Waals surface area contributed by atoms with Crippen LogP contribution in [0.4, 0.5) is 5.69 Å². The van der Waals surface area contributed by atoms with Gasteiger partial charge in [0.25, 0.3) is 5.69 Å². The molecule has 0 spiro atoms. The van der Waals surface area contributed by atoms with E-state index in [0.29, 0.717) is 22.4 Å². The number of nitrogens with zero attached hydrogens (tertiary/aromatic N) is 1. The fourth-order valence-corrected chi connectivity index (χ4v) is 2.04. The molecule has 0 bridgehead atoms. The van der Waals surface area contributed by atoms with Crippen LogP contribution < -0.4 is 4.74 Å². The Morgan fingerprint density at radius 1 is 1.14 bits per heavy atom. The molecule has 0 heterocycles. The molecule has 2 aromatic carbocycles. The zero-order valence-corrected chi connectivity index (χ0v) is 12.3. The van der Waals surface area contributed by atoms with Gasteiger partial charge in [-0.2, -0.15) is 0 Å². The molecule has 0 aliphatic heterocycles. The molecule has 22 heavy (non-hydrogen) atoms. The second kappa shape index (κ2) is 6.67. The summed E-state index contributed by atoms with van der Waals surface area (Å²) in [6.45, 7) is 1.64. The number of hydrogen-bond acceptors (Lipinski definition) is 4. The molecule has 0 aliphatic rings. The number of ketones is 1. The first-order chi connectivity index (χ1) is 10.5. The van der Waals surface area contributed by atoms with Gasteiger partial charge in [-0.1, -0.05) is 12.1 Å². The summed E-state index contributed by atoms with van der Waals surface area (Å²) in [5.41, 5.74) is 1.32. The first-order valence-corrected chi connectivity index (χ1v) is 6.63. The molecule has 0 atom stereocenters. The molecule has 2 aromatic rings. The highest BCUT2D eigenvalue weighted by Crippen LogP contribution is 2.22. The van der Waals surface area contributed by atoms with Gasteiger partial charge in [0.1, 0.15) is 5.75 Å². The van der Waals surface area contributed by atoms with Gasteiger partial charge in [-0.25, -0.2) is 0 Å². The Morgan fingerprint density at radius 2 is 1.77 bits per heavy atom. The number of nitro groups is 1. The van der Waals surface area contributed by atoms with Crippen LogP contribution in [0.25, 0.3) is 6.08 Å². The van der Waals surface area contributed by atoms with Crippen molar-refractivity contribution >= 4 is 17.5 Å². The second-order valence-corrected chi connectivity index (χ2v) is 4.70. The highest BCUT2D eigenvalue weighted by atomic mass is 16.6. The molecule has 0 N–H and O–H groups in total. The van der Waals surface area contributed by atoms with Crippen LogP contribution in [-0.4, -0.2) is 17.8 Å². The number of nitro benzene ring substituents is 1. The molecule has 0 aliphatic carbocycles. The molecule has 0 aromatic heterocycles. The third-order valence-corrected chi connectivity index (χ3v) is 3.22. The lowest BCUT2D eigenvalue weighted by Gasteiger charge is -2.04. The molecule has 0 saturated heterocycles. The van der Waals surface area contributed by atoms with Gasteiger partial charge in [0.2, 0.25) is 0 Å². The van der Waals surface area contributed by atoms with Gasteiger partial charge in [0.05, 0.1) is 17.6 Å². The SMILES string of the molecule is COc1ccc(C(=O)/C(C)=C/c2ccccc2[N+](=O)[O-])cc1. The Labute approximate surface area is 128 Å². The molecule has 0 amide bonds. The van der Waals surface area contributed by atoms with Crippen LogP contribution in [0.5, 0.6) is 5.75 Å². The Balaban J connectivity index is 2.32. The average molecular weight is 297 g/mol. The zero-order valence-electron chi connectivity index (χ0n) is 12.3. The smallest absolute Gasteiger partial charge is 0.276 e. The summed E-state index contributed by atoms with van der Waals surface area (Å²) in [7, 11) is 1.55. The predicted molar refractivity (Wildman–Crippen MR) is 84.1 cm³/mol. The van der Waals surface area contributed by atoms with Crippen molar-refractivity contribution in [2.45, 2.75) is 6.92 Å². The number of hydrogen-bond donors (Lipinski definition) is 0. The van der Waals surface area contributed by atoms with E-state index in [1.807, 2.05) is 0 Å². The van der Waals surface area contributed by atoms with Crippen molar-refractivity contribution in [1.82, 2.24) is 0 Å². The molecular formula is C17H15NO4. The van der Waals surface area contributed by atoms with Crippen molar-refractivity contribution in [2.75, 3.05) is 7.11 Å². The fourth-order valence-electron chi connectivity index (χ4n) is 2.04. The van der Waals surface area contributed by atoms with Gasteiger partial charge in [0, 0.05) is 11.6 Å². The van der Waals surface area contributed by atoms with Crippen molar-refractivity contribution in [3.8, 4) is 5.75 Å². The number of ether oxygens (including phenoxy) is 1. The Hall–Kier alpha value is -2.95. The van der Waals surface area contributed by atoms with E-state index >= 15 is 0 Å². The summed E-state index contributed by atoms with van der Waals surface area (Å²) < 4.78 is 5.05. The summed E-state index contributed by atoms with van der Waals surface area (Å²) >= 11 is 0. The number of para-hydroxylation sites is 1. The minimum Gasteiger partial charge on any atom is -0.497 e. The molecule has 0 radical (unpaired) electrons. The zero-order chi connectivity index (χ0) is 16.1. The molecular weight excluding hydrogens is 282 g/mol. The van der Waals surface area contributed by atoms with Crippen LogP contribution in [-0.2, 0) is 0 Å². The van der Waals surface area contributed by atoms with Crippen LogP contribution in [0.2, 0.25) is 0 Å². The minimum atomic E-state index is -0.461. The number of benzene rings is 2. The summed E-state index contributed by atoms with van der Waals surface area (Å²) in [6, 6.07) is 13.0. The van der Waals surface area contributed by atoms with Crippen molar-refractivity contribution < 1.29 is 14.5 Å². The standard InChI is InChI=1S/C17H15NO4/c1-12(11-14-5-3-4-6-16(14)18(20)21)17(19)13-7-9-15(22-2)10-8-13/h3-11H,1-2H3/b12-11+. The van der Waals surface area contributed by atoms with Gasteiger partial charge in [-0.3, -0.25) is 14.9 Å². The third kappa shape index (κ3) is 3.38. The highest BCUT2D eigenvalue weighted by Gasteiger charge is 2.13. The lowest BCUT2D eigenvalue weighted by atomic mass is 10.0. The normalized spacial score (nSPS) is 11.1. The van der Waals surface area contributed by atoms with Crippen LogP contribution in [0, 0.1) is 10.1 Å². The van der Waals surface area contributed by atoms with Gasteiger partial charge in [-0.15, -0.1) is 0 Å². The fraction of sp³-hybridized carbons (Fsp3) is 0.118. The summed E-state index contributed by atoms with van der Waals surface area (Å²) in [5.74, 6) is 0.484. The maximum Gasteiger partial charge on any atom is 0.276 e. The maximum atomic E-state index is 12.4. The minimum absolute atomic E-state index is 0.0237. The van der Waals surface area contributed by atoms with Crippen molar-refractivity contribution in [1.29, 1.82) is 0 Å². The lowest BCUT2D eigenvalue weighted by molar-refractivity contribution is -0.385. The maximum absolute atomic E-state index is 12.4. The highest BCUT2D eigenvalue weighted by molar-refractivity contribution is 6.11. The molecule has 2 rings (SSSR count). The predicted octanol–water partition coefficient (Wildman–Crippen LogP) is 3.89. The number of rotatable bonds is 5. The van der Waals surface area contributed by atoms with E-state index in [2.05, 4.69) is 0 Å². The summed E-state index contributed by atoms with van der Waals surface area (Å²) in [4.78, 5) is 22.9. The van der Waals surface area contributed by atoms with E-state index in [-0.39, 0.29) is 11.5 Å². The number of methoxy groups -OCH3 is 1. The first-order valence-electron chi connectivity index (χ1n) is 6.63. The van der Waals surface area contributed by atoms with Crippen molar-refractivity contribution in [2.24, 2.45) is 0 Å². The average Bonchev–Trinajstić information content (AvgIpc) is 2.54. The van der Waals surface area contributed by atoms with Crippen LogP contribution in [0.15, 0.2) is 54.1 Å².